The van der Waals surface area contributed by atoms with Crippen molar-refractivity contribution in [2.45, 2.75) is 107 Å². The van der Waals surface area contributed by atoms with Gasteiger partial charge in [0.25, 0.3) is 0 Å². The summed E-state index contributed by atoms with van der Waals surface area (Å²) in [4.78, 5) is 2.58. The third-order valence-corrected chi connectivity index (χ3v) is 10.2. The Morgan fingerprint density at radius 3 is 1.90 bits per heavy atom. The van der Waals surface area contributed by atoms with Gasteiger partial charge in [-0.05, 0) is 66.1 Å². The Morgan fingerprint density at radius 2 is 1.24 bits per heavy atom. The molecule has 0 saturated carbocycles. The molecule has 0 amide bonds. The normalized spacial score (nSPS) is 17.1. The van der Waals surface area contributed by atoms with Crippen molar-refractivity contribution in [3.63, 3.8) is 0 Å². The topological polar surface area (TPSA) is 6.25 Å². The molecule has 0 N–H and O–H groups in total. The summed E-state index contributed by atoms with van der Waals surface area (Å²) in [6.07, 6.45) is 17.9. The standard InChI is InChI=1S/C42H47N2.3C2H6/c1-8-30(2)28-29-44-36-27-25-31-18-14-16-20-33(31)39(36)42(5,6)38(44)23-13-11-9-10-12-22-37-41(3,4)35-26-24-32-19-15-17-21-34(32)40(35)43(37)7;3*1-2/h9-27,30H,8,28-29H2,1-7H3;3*1-2H3/q+1;;;. The molecule has 0 aromatic heterocycles. The number of allylic oxidation sites excluding steroid dienone is 8. The Morgan fingerprint density at radius 1 is 0.680 bits per heavy atom. The van der Waals surface area contributed by atoms with Crippen LogP contribution in [0.1, 0.15) is 107 Å². The molecule has 266 valence electrons. The smallest absolute Gasteiger partial charge is 0.217 e. The molecule has 0 bridgehead atoms. The van der Waals surface area contributed by atoms with Crippen LogP contribution >= 0.6 is 0 Å². The second-order valence-electron chi connectivity index (χ2n) is 13.7. The van der Waals surface area contributed by atoms with Gasteiger partial charge in [0.15, 0.2) is 5.71 Å². The van der Waals surface area contributed by atoms with Gasteiger partial charge in [-0.2, -0.15) is 4.58 Å². The number of fused-ring (bicyclic) bond motifs is 6. The van der Waals surface area contributed by atoms with Gasteiger partial charge in [0.1, 0.15) is 7.05 Å². The minimum Gasteiger partial charge on any atom is -0.344 e. The fraction of sp³-hybridized carbons (Fsp3) is 0.396. The second-order valence-corrected chi connectivity index (χ2v) is 13.7. The van der Waals surface area contributed by atoms with Crippen molar-refractivity contribution in [2.75, 3.05) is 18.5 Å². The molecule has 2 heteroatoms. The molecule has 2 heterocycles. The van der Waals surface area contributed by atoms with Crippen molar-refractivity contribution in [3.05, 3.63) is 132 Å². The lowest BCUT2D eigenvalue weighted by atomic mass is 9.80. The first-order valence-electron chi connectivity index (χ1n) is 19.3. The van der Waals surface area contributed by atoms with Gasteiger partial charge in [-0.3, -0.25) is 0 Å². The summed E-state index contributed by atoms with van der Waals surface area (Å²) in [7, 11) is 2.20. The van der Waals surface area contributed by atoms with Crippen LogP contribution in [0.15, 0.2) is 121 Å². The van der Waals surface area contributed by atoms with E-state index in [1.165, 1.54) is 68.3 Å². The molecule has 0 fully saturated rings. The van der Waals surface area contributed by atoms with Crippen molar-refractivity contribution in [1.82, 2.24) is 0 Å². The lowest BCUT2D eigenvalue weighted by Crippen LogP contribution is -2.27. The second kappa shape index (κ2) is 18.2. The van der Waals surface area contributed by atoms with Gasteiger partial charge in [0.2, 0.25) is 5.69 Å². The SMILES string of the molecule is CC.CC.CC.CCC(C)CCN1/C(=C/C=C/C=C/C=C/C2=[N+](C)c3c(ccc4ccccc34)C2(C)C)C(C)(C)c2c1ccc1ccccc21. The quantitative estimate of drug-likeness (QED) is 0.134. The van der Waals surface area contributed by atoms with Gasteiger partial charge in [-0.1, -0.05) is 167 Å². The summed E-state index contributed by atoms with van der Waals surface area (Å²) in [6.45, 7) is 27.1. The third kappa shape index (κ3) is 7.91. The fourth-order valence-corrected chi connectivity index (χ4v) is 7.43. The monoisotopic (exact) mass is 670 g/mol. The Kier molecular flexibility index (Phi) is 14.6. The van der Waals surface area contributed by atoms with Crippen molar-refractivity contribution >= 4 is 38.6 Å². The highest BCUT2D eigenvalue weighted by Crippen LogP contribution is 2.51. The molecule has 2 aliphatic rings. The van der Waals surface area contributed by atoms with Crippen LogP contribution in [0.2, 0.25) is 0 Å². The van der Waals surface area contributed by atoms with Crippen LogP contribution in [0.3, 0.4) is 0 Å². The van der Waals surface area contributed by atoms with Crippen LogP contribution < -0.4 is 4.90 Å². The highest BCUT2D eigenvalue weighted by atomic mass is 15.2. The van der Waals surface area contributed by atoms with E-state index in [-0.39, 0.29) is 10.8 Å². The Labute approximate surface area is 305 Å². The van der Waals surface area contributed by atoms with Crippen LogP contribution in [0.25, 0.3) is 21.5 Å². The van der Waals surface area contributed by atoms with Crippen molar-refractivity contribution in [2.24, 2.45) is 5.92 Å². The van der Waals surface area contributed by atoms with Gasteiger partial charge in [-0.25, -0.2) is 0 Å². The van der Waals surface area contributed by atoms with E-state index in [1.807, 2.05) is 41.5 Å². The van der Waals surface area contributed by atoms with E-state index in [0.717, 1.165) is 6.54 Å². The zero-order chi connectivity index (χ0) is 37.1. The maximum Gasteiger partial charge on any atom is 0.217 e. The first kappa shape index (κ1) is 40.3. The molecule has 4 aromatic rings. The average Bonchev–Trinajstić information content (AvgIpc) is 3.50. The summed E-state index contributed by atoms with van der Waals surface area (Å²) in [6, 6.07) is 26.7. The molecule has 50 heavy (non-hydrogen) atoms. The van der Waals surface area contributed by atoms with Crippen molar-refractivity contribution < 1.29 is 4.58 Å². The Bertz CT molecular complexity index is 1880. The van der Waals surface area contributed by atoms with Gasteiger partial charge < -0.3 is 4.90 Å². The minimum absolute atomic E-state index is 0.0509. The van der Waals surface area contributed by atoms with Crippen molar-refractivity contribution in [1.29, 1.82) is 0 Å². The molecule has 2 aliphatic heterocycles. The largest absolute Gasteiger partial charge is 0.344 e. The van der Waals surface area contributed by atoms with Crippen LogP contribution in [-0.2, 0) is 10.8 Å². The van der Waals surface area contributed by atoms with E-state index in [9.17, 15) is 0 Å². The molecule has 4 aromatic carbocycles. The molecular formula is C48H65N2+. The molecule has 2 nitrogen and oxygen atoms in total. The number of benzene rings is 4. The molecule has 6 rings (SSSR count). The zero-order valence-corrected chi connectivity index (χ0v) is 33.6. The average molecular weight is 670 g/mol. The van der Waals surface area contributed by atoms with Gasteiger partial charge in [-0.15, -0.1) is 0 Å². The number of rotatable bonds is 8. The molecule has 0 radical (unpaired) electrons. The lowest BCUT2D eigenvalue weighted by molar-refractivity contribution is -0.399. The maximum absolute atomic E-state index is 2.58. The lowest BCUT2D eigenvalue weighted by Gasteiger charge is -2.28. The molecule has 0 saturated heterocycles. The molecule has 1 atom stereocenters. The zero-order valence-electron chi connectivity index (χ0n) is 33.6. The fourth-order valence-electron chi connectivity index (χ4n) is 7.43. The molecule has 1 unspecified atom stereocenters. The summed E-state index contributed by atoms with van der Waals surface area (Å²) in [5.74, 6) is 0.711. The van der Waals surface area contributed by atoms with Crippen LogP contribution in [0.4, 0.5) is 11.4 Å². The number of hydrogen-bond acceptors (Lipinski definition) is 1. The number of hydrogen-bond donors (Lipinski definition) is 0. The highest BCUT2D eigenvalue weighted by molar-refractivity contribution is 6.07. The van der Waals surface area contributed by atoms with E-state index in [2.05, 4.69) is 173 Å². The highest BCUT2D eigenvalue weighted by Gasteiger charge is 2.44. The van der Waals surface area contributed by atoms with E-state index in [4.69, 9.17) is 0 Å². The van der Waals surface area contributed by atoms with E-state index >= 15 is 0 Å². The summed E-state index contributed by atoms with van der Waals surface area (Å²) >= 11 is 0. The van der Waals surface area contributed by atoms with E-state index in [0.29, 0.717) is 5.92 Å². The van der Waals surface area contributed by atoms with Gasteiger partial charge in [0.05, 0.1) is 10.8 Å². The first-order chi connectivity index (χ1) is 24.2. The van der Waals surface area contributed by atoms with Crippen LogP contribution in [0, 0.1) is 5.92 Å². The van der Waals surface area contributed by atoms with Gasteiger partial charge >= 0.3 is 0 Å². The van der Waals surface area contributed by atoms with Crippen molar-refractivity contribution in [3.8, 4) is 0 Å². The summed E-state index contributed by atoms with van der Waals surface area (Å²) in [5.41, 5.74) is 8.10. The van der Waals surface area contributed by atoms with Crippen LogP contribution in [-0.4, -0.2) is 23.9 Å². The molecule has 0 spiro atoms. The summed E-state index contributed by atoms with van der Waals surface area (Å²) < 4.78 is 2.37. The molecular weight excluding hydrogens is 605 g/mol. The number of nitrogens with zero attached hydrogens (tertiary/aromatic N) is 2. The van der Waals surface area contributed by atoms with Gasteiger partial charge in [0, 0.05) is 35.0 Å². The summed E-state index contributed by atoms with van der Waals surface area (Å²) in [5, 5.41) is 5.29. The predicted octanol–water partition coefficient (Wildman–Crippen LogP) is 13.9. The number of anilines is 1. The van der Waals surface area contributed by atoms with E-state index < -0.39 is 0 Å². The van der Waals surface area contributed by atoms with Crippen LogP contribution in [0.5, 0.6) is 0 Å². The first-order valence-corrected chi connectivity index (χ1v) is 19.3. The maximum atomic E-state index is 2.58. The Hall–Kier alpha value is -4.17. The Balaban J connectivity index is 0.00000107. The third-order valence-electron chi connectivity index (χ3n) is 10.2. The van der Waals surface area contributed by atoms with E-state index in [1.54, 1.807) is 0 Å². The predicted molar refractivity (Wildman–Crippen MR) is 226 cm³/mol. The molecule has 0 aliphatic carbocycles. The minimum atomic E-state index is -0.0753.